The maximum atomic E-state index is 13.4. The van der Waals surface area contributed by atoms with Gasteiger partial charge in [-0.05, 0) is 54.4 Å². The average Bonchev–Trinajstić information content (AvgIpc) is 3.33. The Labute approximate surface area is 154 Å². The molecule has 1 amide bonds. The van der Waals surface area contributed by atoms with Gasteiger partial charge in [0.1, 0.15) is 0 Å². The molecule has 1 aromatic carbocycles. The number of amides is 1. The fourth-order valence-corrected chi connectivity index (χ4v) is 6.34. The van der Waals surface area contributed by atoms with E-state index in [1.54, 1.807) is 14.2 Å². The van der Waals surface area contributed by atoms with Crippen molar-refractivity contribution in [1.82, 2.24) is 4.90 Å². The molecule has 0 spiro atoms. The summed E-state index contributed by atoms with van der Waals surface area (Å²) in [6, 6.07) is 4.23. The second-order valence-corrected chi connectivity index (χ2v) is 8.02. The second kappa shape index (κ2) is 5.38. The number of hydrogen-bond donors (Lipinski definition) is 0. The van der Waals surface area contributed by atoms with E-state index in [1.165, 1.54) is 11.1 Å². The third-order valence-corrected chi connectivity index (χ3v) is 7.18. The lowest BCUT2D eigenvalue weighted by Crippen LogP contribution is -2.51. The smallest absolute Gasteiger partial charge is 0.227 e. The molecule has 0 unspecified atom stereocenters. The van der Waals surface area contributed by atoms with Gasteiger partial charge >= 0.3 is 0 Å². The van der Waals surface area contributed by atoms with E-state index in [4.69, 9.17) is 9.47 Å². The third kappa shape index (κ3) is 1.73. The Balaban J connectivity index is 1.75. The number of methoxy groups -OCH3 is 2. The third-order valence-electron chi connectivity index (χ3n) is 7.18. The molecule has 2 heterocycles. The Morgan fingerprint density at radius 1 is 1.23 bits per heavy atom. The minimum Gasteiger partial charge on any atom is -0.493 e. The predicted molar refractivity (Wildman–Crippen MR) is 99.2 cm³/mol. The SMILES string of the molecule is C=CC[C@]12c3cc(OC)c(OC)cc3CCN1C(=O)[C@@H]1[C@H]2[C@@H]2C=C[C@H]1C2. The molecule has 0 radical (unpaired) electrons. The lowest BCUT2D eigenvalue weighted by molar-refractivity contribution is -0.135. The molecule has 136 valence electrons. The fraction of sp³-hybridized carbons (Fsp3) is 0.500. The molecule has 1 saturated heterocycles. The highest BCUT2D eigenvalue weighted by Gasteiger charge is 2.67. The first kappa shape index (κ1) is 16.0. The first-order valence-electron chi connectivity index (χ1n) is 9.51. The highest BCUT2D eigenvalue weighted by Crippen LogP contribution is 2.64. The van der Waals surface area contributed by atoms with Gasteiger partial charge in [-0.15, -0.1) is 6.58 Å². The van der Waals surface area contributed by atoms with Gasteiger partial charge in [0.05, 0.1) is 25.7 Å². The number of rotatable bonds is 4. The van der Waals surface area contributed by atoms with Crippen molar-refractivity contribution in [2.45, 2.75) is 24.8 Å². The van der Waals surface area contributed by atoms with E-state index in [9.17, 15) is 4.79 Å². The number of fused-ring (bicyclic) bond motifs is 9. The van der Waals surface area contributed by atoms with Gasteiger partial charge in [0.15, 0.2) is 11.5 Å². The van der Waals surface area contributed by atoms with Crippen molar-refractivity contribution in [1.29, 1.82) is 0 Å². The molecule has 5 rings (SSSR count). The number of ether oxygens (including phenoxy) is 2. The first-order valence-corrected chi connectivity index (χ1v) is 9.51. The van der Waals surface area contributed by atoms with Crippen LogP contribution in [0.5, 0.6) is 11.5 Å². The highest BCUT2D eigenvalue weighted by molar-refractivity contribution is 5.86. The van der Waals surface area contributed by atoms with Crippen LogP contribution in [0.3, 0.4) is 0 Å². The molecule has 4 nitrogen and oxygen atoms in total. The van der Waals surface area contributed by atoms with Crippen molar-refractivity contribution in [2.24, 2.45) is 23.7 Å². The molecule has 2 aliphatic heterocycles. The molecule has 2 fully saturated rings. The average molecular weight is 351 g/mol. The van der Waals surface area contributed by atoms with Gasteiger partial charge in [-0.3, -0.25) is 4.79 Å². The van der Waals surface area contributed by atoms with E-state index in [2.05, 4.69) is 35.8 Å². The number of carbonyl (C=O) groups is 1. The van der Waals surface area contributed by atoms with Gasteiger partial charge < -0.3 is 14.4 Å². The molecule has 0 N–H and O–H groups in total. The highest BCUT2D eigenvalue weighted by atomic mass is 16.5. The first-order chi connectivity index (χ1) is 12.7. The summed E-state index contributed by atoms with van der Waals surface area (Å²) in [5.41, 5.74) is 2.23. The number of benzene rings is 1. The van der Waals surface area contributed by atoms with Crippen LogP contribution in [0.4, 0.5) is 0 Å². The number of carbonyl (C=O) groups excluding carboxylic acids is 1. The Kier molecular flexibility index (Phi) is 3.31. The van der Waals surface area contributed by atoms with Crippen LogP contribution in [0, 0.1) is 23.7 Å². The van der Waals surface area contributed by atoms with Crippen LogP contribution in [0.15, 0.2) is 36.9 Å². The molecular weight excluding hydrogens is 326 g/mol. The predicted octanol–water partition coefficient (Wildman–Crippen LogP) is 3.31. The minimum absolute atomic E-state index is 0.129. The molecule has 4 aliphatic rings. The summed E-state index contributed by atoms with van der Waals surface area (Å²) in [7, 11) is 3.35. The van der Waals surface area contributed by atoms with Crippen molar-refractivity contribution in [3.8, 4) is 11.5 Å². The second-order valence-electron chi connectivity index (χ2n) is 8.02. The van der Waals surface area contributed by atoms with E-state index in [1.807, 2.05) is 6.08 Å². The lowest BCUT2D eigenvalue weighted by atomic mass is 9.66. The van der Waals surface area contributed by atoms with Crippen LogP contribution in [0.2, 0.25) is 0 Å². The number of allylic oxidation sites excluding steroid dienone is 2. The summed E-state index contributed by atoms with van der Waals surface area (Å²) >= 11 is 0. The molecule has 1 saturated carbocycles. The Morgan fingerprint density at radius 3 is 2.69 bits per heavy atom. The zero-order valence-corrected chi connectivity index (χ0v) is 15.4. The van der Waals surface area contributed by atoms with Gasteiger partial charge in [0.25, 0.3) is 0 Å². The molecular formula is C22H25NO3. The fourth-order valence-electron chi connectivity index (χ4n) is 6.34. The van der Waals surface area contributed by atoms with Crippen LogP contribution in [0.25, 0.3) is 0 Å². The Bertz CT molecular complexity index is 829. The van der Waals surface area contributed by atoms with Crippen LogP contribution in [0.1, 0.15) is 24.0 Å². The quantitative estimate of drug-likeness (QED) is 0.781. The van der Waals surface area contributed by atoms with Crippen molar-refractivity contribution in [3.63, 3.8) is 0 Å². The molecule has 0 aromatic heterocycles. The zero-order valence-electron chi connectivity index (χ0n) is 15.4. The topological polar surface area (TPSA) is 38.8 Å². The molecule has 4 heteroatoms. The van der Waals surface area contributed by atoms with Crippen molar-refractivity contribution in [3.05, 3.63) is 48.1 Å². The molecule has 2 bridgehead atoms. The number of hydrogen-bond acceptors (Lipinski definition) is 3. The van der Waals surface area contributed by atoms with E-state index >= 15 is 0 Å². The van der Waals surface area contributed by atoms with E-state index in [-0.39, 0.29) is 11.5 Å². The van der Waals surface area contributed by atoms with Crippen LogP contribution in [-0.2, 0) is 16.8 Å². The molecule has 5 atom stereocenters. The normalized spacial score (nSPS) is 35.9. The summed E-state index contributed by atoms with van der Waals surface area (Å²) in [5.74, 6) is 3.21. The van der Waals surface area contributed by atoms with Crippen molar-refractivity contribution < 1.29 is 14.3 Å². The van der Waals surface area contributed by atoms with Gasteiger partial charge in [-0.1, -0.05) is 18.2 Å². The summed E-state index contributed by atoms with van der Waals surface area (Å²) < 4.78 is 11.1. The van der Waals surface area contributed by atoms with Gasteiger partial charge in [0, 0.05) is 12.5 Å². The van der Waals surface area contributed by atoms with Gasteiger partial charge in [-0.25, -0.2) is 0 Å². The maximum absolute atomic E-state index is 13.4. The van der Waals surface area contributed by atoms with E-state index in [0.717, 1.165) is 37.3 Å². The van der Waals surface area contributed by atoms with Crippen molar-refractivity contribution in [2.75, 3.05) is 20.8 Å². The van der Waals surface area contributed by atoms with Gasteiger partial charge in [-0.2, -0.15) is 0 Å². The summed E-state index contributed by atoms with van der Waals surface area (Å²) in [5, 5.41) is 0. The van der Waals surface area contributed by atoms with Gasteiger partial charge in [0.2, 0.25) is 5.91 Å². The standard InChI is InChI=1S/C22H25NO3/c1-4-8-22-16-12-18(26-3)17(25-2)11-13(16)7-9-23(22)21(24)19-14-5-6-15(10-14)20(19)22/h4-6,11-12,14-15,19-20H,1,7-10H2,2-3H3/t14-,15+,19-,20+,22+/m0/s1. The molecule has 26 heavy (non-hydrogen) atoms. The van der Waals surface area contributed by atoms with Crippen LogP contribution < -0.4 is 9.47 Å². The maximum Gasteiger partial charge on any atom is 0.227 e. The summed E-state index contributed by atoms with van der Waals surface area (Å²) in [6.45, 7) is 4.83. The largest absolute Gasteiger partial charge is 0.493 e. The van der Waals surface area contributed by atoms with E-state index in [0.29, 0.717) is 23.7 Å². The van der Waals surface area contributed by atoms with E-state index < -0.39 is 0 Å². The Morgan fingerprint density at radius 2 is 1.96 bits per heavy atom. The van der Waals surface area contributed by atoms with Crippen LogP contribution >= 0.6 is 0 Å². The summed E-state index contributed by atoms with van der Waals surface area (Å²) in [6.07, 6.45) is 9.39. The van der Waals surface area contributed by atoms with Crippen LogP contribution in [-0.4, -0.2) is 31.6 Å². The minimum atomic E-state index is -0.291. The monoisotopic (exact) mass is 351 g/mol. The lowest BCUT2D eigenvalue weighted by Gasteiger charge is -2.48. The Hall–Kier alpha value is -2.23. The van der Waals surface area contributed by atoms with Crippen molar-refractivity contribution >= 4 is 5.91 Å². The summed E-state index contributed by atoms with van der Waals surface area (Å²) in [4.78, 5) is 15.6. The molecule has 1 aromatic rings. The number of nitrogens with zero attached hydrogens (tertiary/aromatic N) is 1. The zero-order chi connectivity index (χ0) is 18.1. The molecule has 2 aliphatic carbocycles.